The first-order valence-electron chi connectivity index (χ1n) is 8.26. The number of hydrogen-bond donors (Lipinski definition) is 1. The highest BCUT2D eigenvalue weighted by Gasteiger charge is 2.21. The van der Waals surface area contributed by atoms with Crippen molar-refractivity contribution in [2.45, 2.75) is 57.5 Å². The lowest BCUT2D eigenvalue weighted by Crippen LogP contribution is -2.32. The van der Waals surface area contributed by atoms with Crippen molar-refractivity contribution in [1.82, 2.24) is 4.90 Å². The maximum Gasteiger partial charge on any atom is 0.274 e. The van der Waals surface area contributed by atoms with Gasteiger partial charge in [-0.25, -0.2) is 0 Å². The number of benzene rings is 1. The van der Waals surface area contributed by atoms with E-state index in [1.165, 1.54) is 38.2 Å². The summed E-state index contributed by atoms with van der Waals surface area (Å²) in [5.74, 6) is -0.645. The first-order chi connectivity index (χ1) is 11.0. The van der Waals surface area contributed by atoms with Gasteiger partial charge in [0.15, 0.2) is 0 Å². The fourth-order valence-corrected chi connectivity index (χ4v) is 3.29. The molecule has 1 aromatic carbocycles. The van der Waals surface area contributed by atoms with E-state index in [9.17, 15) is 14.9 Å². The predicted octanol–water partition coefficient (Wildman–Crippen LogP) is 3.24. The molecule has 6 nitrogen and oxygen atoms in total. The molecule has 126 valence electrons. The van der Waals surface area contributed by atoms with E-state index in [-0.39, 0.29) is 11.3 Å². The lowest BCUT2D eigenvalue weighted by atomic mass is 9.95. The number of rotatable bonds is 5. The Hall–Kier alpha value is -1.95. The van der Waals surface area contributed by atoms with Crippen LogP contribution in [0.5, 0.6) is 0 Å². The maximum absolute atomic E-state index is 11.3. The van der Waals surface area contributed by atoms with Gasteiger partial charge in [-0.3, -0.25) is 19.8 Å². The monoisotopic (exact) mass is 319 g/mol. The van der Waals surface area contributed by atoms with Crippen molar-refractivity contribution in [3.8, 4) is 0 Å². The molecule has 0 unspecified atom stereocenters. The van der Waals surface area contributed by atoms with E-state index in [1.807, 2.05) is 7.05 Å². The Morgan fingerprint density at radius 2 is 1.87 bits per heavy atom. The first kappa shape index (κ1) is 17.4. The molecule has 0 atom stereocenters. The van der Waals surface area contributed by atoms with Crippen molar-refractivity contribution in [3.63, 3.8) is 0 Å². The van der Waals surface area contributed by atoms with Gasteiger partial charge in [-0.1, -0.05) is 38.2 Å². The first-order valence-corrected chi connectivity index (χ1v) is 8.26. The molecule has 0 aromatic heterocycles. The third-order valence-electron chi connectivity index (χ3n) is 4.68. The molecule has 0 aliphatic heterocycles. The van der Waals surface area contributed by atoms with E-state index in [2.05, 4.69) is 4.90 Å². The minimum absolute atomic E-state index is 0.0287. The second-order valence-corrected chi connectivity index (χ2v) is 6.38. The summed E-state index contributed by atoms with van der Waals surface area (Å²) in [4.78, 5) is 24.3. The number of carbonyl (C=O) groups excluding carboxylic acids is 1. The second-order valence-electron chi connectivity index (χ2n) is 6.38. The molecule has 0 bridgehead atoms. The summed E-state index contributed by atoms with van der Waals surface area (Å²) >= 11 is 0. The van der Waals surface area contributed by atoms with E-state index in [0.717, 1.165) is 12.8 Å². The van der Waals surface area contributed by atoms with Gasteiger partial charge < -0.3 is 5.73 Å². The van der Waals surface area contributed by atoms with Crippen LogP contribution in [0.3, 0.4) is 0 Å². The Labute approximate surface area is 136 Å². The van der Waals surface area contributed by atoms with Crippen molar-refractivity contribution in [2.24, 2.45) is 5.73 Å². The van der Waals surface area contributed by atoms with Gasteiger partial charge in [-0.2, -0.15) is 0 Å². The van der Waals surface area contributed by atoms with E-state index in [0.29, 0.717) is 18.2 Å². The van der Waals surface area contributed by atoms with Gasteiger partial charge in [0, 0.05) is 29.8 Å². The molecular formula is C17H25N3O3. The van der Waals surface area contributed by atoms with Crippen LogP contribution in [0.2, 0.25) is 0 Å². The molecule has 1 aliphatic rings. The number of carbonyl (C=O) groups is 1. The number of primary amides is 1. The maximum atomic E-state index is 11.3. The minimum Gasteiger partial charge on any atom is -0.366 e. The number of amides is 1. The predicted molar refractivity (Wildman–Crippen MR) is 89.2 cm³/mol. The summed E-state index contributed by atoms with van der Waals surface area (Å²) in [5.41, 5.74) is 5.99. The van der Waals surface area contributed by atoms with Gasteiger partial charge in [-0.15, -0.1) is 0 Å². The zero-order chi connectivity index (χ0) is 16.8. The Morgan fingerprint density at radius 3 is 2.43 bits per heavy atom. The third-order valence-corrected chi connectivity index (χ3v) is 4.68. The highest BCUT2D eigenvalue weighted by Crippen LogP contribution is 2.25. The standard InChI is InChI=1S/C17H25N3O3/c1-19(15-7-5-3-2-4-6-8-15)12-14-10-9-13(17(18)21)11-16(14)20(22)23/h9-11,15H,2-8,12H2,1H3,(H2,18,21). The van der Waals surface area contributed by atoms with E-state index >= 15 is 0 Å². The van der Waals surface area contributed by atoms with E-state index < -0.39 is 10.8 Å². The number of nitro benzene ring substituents is 1. The van der Waals surface area contributed by atoms with Crippen LogP contribution in [0.1, 0.15) is 60.9 Å². The Balaban J connectivity index is 2.14. The van der Waals surface area contributed by atoms with Crippen LogP contribution >= 0.6 is 0 Å². The lowest BCUT2D eigenvalue weighted by molar-refractivity contribution is -0.385. The normalized spacial score (nSPS) is 16.8. The highest BCUT2D eigenvalue weighted by molar-refractivity contribution is 5.93. The SMILES string of the molecule is CN(Cc1ccc(C(N)=O)cc1[N+](=O)[O-])C1CCCCCCC1. The average molecular weight is 319 g/mol. The Kier molecular flexibility index (Phi) is 6.10. The van der Waals surface area contributed by atoms with E-state index in [1.54, 1.807) is 12.1 Å². The molecule has 0 heterocycles. The summed E-state index contributed by atoms with van der Waals surface area (Å²) in [6.45, 7) is 0.514. The summed E-state index contributed by atoms with van der Waals surface area (Å²) in [6, 6.07) is 4.96. The van der Waals surface area contributed by atoms with E-state index in [4.69, 9.17) is 5.73 Å². The minimum atomic E-state index is -0.645. The van der Waals surface area contributed by atoms with Gasteiger partial charge in [0.05, 0.1) is 4.92 Å². The highest BCUT2D eigenvalue weighted by atomic mass is 16.6. The van der Waals surface area contributed by atoms with Crippen LogP contribution in [0, 0.1) is 10.1 Å². The van der Waals surface area contributed by atoms with Crippen LogP contribution < -0.4 is 5.73 Å². The molecule has 6 heteroatoms. The zero-order valence-electron chi connectivity index (χ0n) is 13.7. The van der Waals surface area contributed by atoms with Crippen LogP contribution in [0.4, 0.5) is 5.69 Å². The molecule has 1 saturated carbocycles. The lowest BCUT2D eigenvalue weighted by Gasteiger charge is -2.29. The zero-order valence-corrected chi connectivity index (χ0v) is 13.7. The fourth-order valence-electron chi connectivity index (χ4n) is 3.29. The fraction of sp³-hybridized carbons (Fsp3) is 0.588. The third kappa shape index (κ3) is 4.76. The van der Waals surface area contributed by atoms with Gasteiger partial charge >= 0.3 is 0 Å². The summed E-state index contributed by atoms with van der Waals surface area (Å²) in [6.07, 6.45) is 8.59. The van der Waals surface area contributed by atoms with Gasteiger partial charge in [-0.05, 0) is 26.0 Å². The topological polar surface area (TPSA) is 89.5 Å². The van der Waals surface area contributed by atoms with Crippen molar-refractivity contribution >= 4 is 11.6 Å². The van der Waals surface area contributed by atoms with Crippen LogP contribution in [-0.2, 0) is 6.54 Å². The smallest absolute Gasteiger partial charge is 0.274 e. The molecule has 1 aromatic rings. The molecule has 23 heavy (non-hydrogen) atoms. The molecule has 0 spiro atoms. The quantitative estimate of drug-likeness (QED) is 0.666. The largest absolute Gasteiger partial charge is 0.366 e. The van der Waals surface area contributed by atoms with Crippen LogP contribution in [0.15, 0.2) is 18.2 Å². The number of nitrogens with two attached hydrogens (primary N) is 1. The molecule has 0 saturated heterocycles. The molecule has 0 radical (unpaired) electrons. The summed E-state index contributed by atoms with van der Waals surface area (Å²) in [7, 11) is 2.03. The molecular weight excluding hydrogens is 294 g/mol. The van der Waals surface area contributed by atoms with Crippen LogP contribution in [-0.4, -0.2) is 28.8 Å². The van der Waals surface area contributed by atoms with Crippen LogP contribution in [0.25, 0.3) is 0 Å². The number of nitrogens with zero attached hydrogens (tertiary/aromatic N) is 2. The second kappa shape index (κ2) is 8.06. The van der Waals surface area contributed by atoms with Gasteiger partial charge in [0.25, 0.3) is 5.69 Å². The van der Waals surface area contributed by atoms with Gasteiger partial charge in [0.1, 0.15) is 0 Å². The van der Waals surface area contributed by atoms with Crippen molar-refractivity contribution in [1.29, 1.82) is 0 Å². The summed E-state index contributed by atoms with van der Waals surface area (Å²) in [5, 5.41) is 11.3. The molecule has 2 rings (SSSR count). The molecule has 2 N–H and O–H groups in total. The molecule has 1 fully saturated rings. The Morgan fingerprint density at radius 1 is 1.26 bits per heavy atom. The average Bonchev–Trinajstić information content (AvgIpc) is 2.46. The van der Waals surface area contributed by atoms with Crippen molar-refractivity contribution < 1.29 is 9.72 Å². The van der Waals surface area contributed by atoms with Gasteiger partial charge in [0.2, 0.25) is 5.91 Å². The number of hydrogen-bond acceptors (Lipinski definition) is 4. The summed E-state index contributed by atoms with van der Waals surface area (Å²) < 4.78 is 0. The van der Waals surface area contributed by atoms with Crippen molar-refractivity contribution in [3.05, 3.63) is 39.4 Å². The molecule has 1 aliphatic carbocycles. The van der Waals surface area contributed by atoms with Crippen molar-refractivity contribution in [2.75, 3.05) is 7.05 Å². The number of nitro groups is 1. The Bertz CT molecular complexity index is 566. The molecule has 1 amide bonds.